The van der Waals surface area contributed by atoms with Gasteiger partial charge in [0.15, 0.2) is 0 Å². The summed E-state index contributed by atoms with van der Waals surface area (Å²) in [4.78, 5) is 4.77. The van der Waals surface area contributed by atoms with Gasteiger partial charge in [-0.3, -0.25) is 0 Å². The topological polar surface area (TPSA) is 6.48 Å². The highest BCUT2D eigenvalue weighted by atomic mass is 15.1. The number of anilines is 2. The van der Waals surface area contributed by atoms with Gasteiger partial charge in [-0.05, 0) is 56.0 Å². The summed E-state index contributed by atoms with van der Waals surface area (Å²) in [5.41, 5.74) is 5.40. The lowest BCUT2D eigenvalue weighted by Crippen LogP contribution is -2.24. The Morgan fingerprint density at radius 2 is 1.42 bits per heavy atom. The van der Waals surface area contributed by atoms with Gasteiger partial charge >= 0.3 is 0 Å². The molecule has 0 aliphatic rings. The molecule has 1 unspecified atom stereocenters. The molecule has 1 atom stereocenters. The van der Waals surface area contributed by atoms with Gasteiger partial charge in [-0.1, -0.05) is 44.2 Å². The Kier molecular flexibility index (Phi) is 6.30. The van der Waals surface area contributed by atoms with Crippen molar-refractivity contribution in [1.29, 1.82) is 0 Å². The van der Waals surface area contributed by atoms with Gasteiger partial charge in [-0.25, -0.2) is 0 Å². The van der Waals surface area contributed by atoms with Gasteiger partial charge in [-0.15, -0.1) is 0 Å². The van der Waals surface area contributed by atoms with Crippen LogP contribution >= 0.6 is 0 Å². The van der Waals surface area contributed by atoms with Gasteiger partial charge in [0.25, 0.3) is 0 Å². The summed E-state index contributed by atoms with van der Waals surface area (Å²) < 4.78 is 0. The van der Waals surface area contributed by atoms with E-state index in [-0.39, 0.29) is 0 Å². The van der Waals surface area contributed by atoms with E-state index < -0.39 is 0 Å². The molecule has 0 saturated heterocycles. The highest BCUT2D eigenvalue weighted by molar-refractivity contribution is 5.56. The molecule has 0 aliphatic carbocycles. The highest BCUT2D eigenvalue weighted by Gasteiger charge is 2.16. The fraction of sp³-hybridized carbons (Fsp3) is 0.455. The molecule has 0 fully saturated rings. The molecule has 130 valence electrons. The first-order valence-corrected chi connectivity index (χ1v) is 9.16. The lowest BCUT2D eigenvalue weighted by molar-refractivity contribution is 0.727. The molecule has 2 aromatic carbocycles. The minimum Gasteiger partial charge on any atom is -0.372 e. The number of benzene rings is 2. The maximum absolute atomic E-state index is 2.39. The van der Waals surface area contributed by atoms with Crippen LogP contribution in [0.15, 0.2) is 48.5 Å². The van der Waals surface area contributed by atoms with Crippen LogP contribution in [0.5, 0.6) is 0 Å². The molecular formula is C22H32N2. The van der Waals surface area contributed by atoms with Gasteiger partial charge in [0.1, 0.15) is 0 Å². The molecule has 0 aromatic heterocycles. The lowest BCUT2D eigenvalue weighted by Gasteiger charge is -2.31. The predicted molar refractivity (Wildman–Crippen MR) is 107 cm³/mol. The molecule has 0 aliphatic heterocycles. The molecule has 2 aromatic rings. The van der Waals surface area contributed by atoms with Crippen molar-refractivity contribution in [1.82, 2.24) is 0 Å². The smallest absolute Gasteiger partial charge is 0.0511 e. The molecule has 0 amide bonds. The van der Waals surface area contributed by atoms with Crippen molar-refractivity contribution in [2.45, 2.75) is 46.6 Å². The monoisotopic (exact) mass is 324 g/mol. The van der Waals surface area contributed by atoms with Gasteiger partial charge in [0, 0.05) is 31.5 Å². The minimum atomic E-state index is 0.343. The third-order valence-corrected chi connectivity index (χ3v) is 5.02. The second-order valence-corrected chi connectivity index (χ2v) is 6.76. The quantitative estimate of drug-likeness (QED) is 0.630. The molecular weight excluding hydrogens is 292 g/mol. The van der Waals surface area contributed by atoms with Crippen molar-refractivity contribution in [2.75, 3.05) is 29.9 Å². The van der Waals surface area contributed by atoms with Crippen molar-refractivity contribution >= 4 is 11.4 Å². The Morgan fingerprint density at radius 1 is 0.833 bits per heavy atom. The molecule has 2 nitrogen and oxygen atoms in total. The molecule has 2 heteroatoms. The molecule has 0 saturated carbocycles. The van der Waals surface area contributed by atoms with Gasteiger partial charge < -0.3 is 9.80 Å². The van der Waals surface area contributed by atoms with Crippen LogP contribution in [0.2, 0.25) is 0 Å². The average molecular weight is 325 g/mol. The largest absolute Gasteiger partial charge is 0.372 e. The number of hydrogen-bond acceptors (Lipinski definition) is 2. The summed E-state index contributed by atoms with van der Waals surface area (Å²) in [5, 5.41) is 0. The SMILES string of the molecule is CCN(CC)c1ccc(C(C)N(C)c2ccccc2C(C)C)cc1. The summed E-state index contributed by atoms with van der Waals surface area (Å²) in [5.74, 6) is 0.529. The first-order valence-electron chi connectivity index (χ1n) is 9.16. The maximum atomic E-state index is 2.39. The van der Waals surface area contributed by atoms with Gasteiger partial charge in [-0.2, -0.15) is 0 Å². The van der Waals surface area contributed by atoms with E-state index in [1.54, 1.807) is 0 Å². The maximum Gasteiger partial charge on any atom is 0.0511 e. The van der Waals surface area contributed by atoms with Crippen molar-refractivity contribution in [3.63, 3.8) is 0 Å². The van der Waals surface area contributed by atoms with Crippen molar-refractivity contribution in [2.24, 2.45) is 0 Å². The number of para-hydroxylation sites is 1. The summed E-state index contributed by atoms with van der Waals surface area (Å²) in [6.45, 7) is 13.3. The second-order valence-electron chi connectivity index (χ2n) is 6.76. The standard InChI is InChI=1S/C22H32N2/c1-7-24(8-2)20-15-13-19(14-16-20)18(5)23(6)22-12-10-9-11-21(22)17(3)4/h9-18H,7-8H2,1-6H3. The van der Waals surface area contributed by atoms with Gasteiger partial charge in [0.2, 0.25) is 0 Å². The number of rotatable bonds is 7. The van der Waals surface area contributed by atoms with E-state index in [1.165, 1.54) is 22.5 Å². The Hall–Kier alpha value is -1.96. The summed E-state index contributed by atoms with van der Waals surface area (Å²) >= 11 is 0. The normalized spacial score (nSPS) is 12.3. The zero-order valence-corrected chi connectivity index (χ0v) is 16.1. The van der Waals surface area contributed by atoms with Crippen molar-refractivity contribution < 1.29 is 0 Å². The molecule has 0 bridgehead atoms. The molecule has 0 N–H and O–H groups in total. The third kappa shape index (κ3) is 3.92. The molecule has 0 radical (unpaired) electrons. The number of nitrogens with zero attached hydrogens (tertiary/aromatic N) is 2. The van der Waals surface area contributed by atoms with E-state index in [4.69, 9.17) is 0 Å². The predicted octanol–water partition coefficient (Wildman–Crippen LogP) is 5.85. The molecule has 0 heterocycles. The van der Waals surface area contributed by atoms with E-state index in [0.717, 1.165) is 13.1 Å². The van der Waals surface area contributed by atoms with Crippen molar-refractivity contribution in [3.05, 3.63) is 59.7 Å². The Labute approximate surface area is 148 Å². The van der Waals surface area contributed by atoms with Crippen LogP contribution in [0.3, 0.4) is 0 Å². The summed E-state index contributed by atoms with van der Waals surface area (Å²) in [6.07, 6.45) is 0. The van der Waals surface area contributed by atoms with Crippen LogP contribution in [-0.2, 0) is 0 Å². The number of hydrogen-bond donors (Lipinski definition) is 0. The fourth-order valence-corrected chi connectivity index (χ4v) is 3.28. The molecule has 2 rings (SSSR count). The van der Waals surface area contributed by atoms with E-state index in [9.17, 15) is 0 Å². The minimum absolute atomic E-state index is 0.343. The summed E-state index contributed by atoms with van der Waals surface area (Å²) in [6, 6.07) is 18.1. The van der Waals surface area contributed by atoms with Gasteiger partial charge in [0.05, 0.1) is 6.04 Å². The second kappa shape index (κ2) is 8.23. The Morgan fingerprint density at radius 3 is 1.96 bits per heavy atom. The van der Waals surface area contributed by atoms with E-state index in [0.29, 0.717) is 12.0 Å². The van der Waals surface area contributed by atoms with E-state index in [2.05, 4.69) is 100.0 Å². The van der Waals surface area contributed by atoms with Crippen LogP contribution in [0.1, 0.15) is 57.7 Å². The Balaban J connectivity index is 2.24. The van der Waals surface area contributed by atoms with Crippen LogP contribution in [0, 0.1) is 0 Å². The fourth-order valence-electron chi connectivity index (χ4n) is 3.28. The molecule has 0 spiro atoms. The zero-order chi connectivity index (χ0) is 17.7. The van der Waals surface area contributed by atoms with Crippen LogP contribution in [0.25, 0.3) is 0 Å². The lowest BCUT2D eigenvalue weighted by atomic mass is 9.98. The average Bonchev–Trinajstić information content (AvgIpc) is 2.62. The zero-order valence-electron chi connectivity index (χ0n) is 16.1. The van der Waals surface area contributed by atoms with E-state index >= 15 is 0 Å². The van der Waals surface area contributed by atoms with Crippen LogP contribution in [-0.4, -0.2) is 20.1 Å². The first kappa shape index (κ1) is 18.4. The summed E-state index contributed by atoms with van der Waals surface area (Å²) in [7, 11) is 2.20. The van der Waals surface area contributed by atoms with Crippen LogP contribution < -0.4 is 9.80 Å². The Bertz CT molecular complexity index is 627. The first-order chi connectivity index (χ1) is 11.5. The van der Waals surface area contributed by atoms with E-state index in [1.807, 2.05) is 0 Å². The third-order valence-electron chi connectivity index (χ3n) is 5.02. The molecule has 24 heavy (non-hydrogen) atoms. The van der Waals surface area contributed by atoms with Crippen LogP contribution in [0.4, 0.5) is 11.4 Å². The van der Waals surface area contributed by atoms with Crippen molar-refractivity contribution in [3.8, 4) is 0 Å². The highest BCUT2D eigenvalue weighted by Crippen LogP contribution is 2.32.